The Morgan fingerprint density at radius 2 is 2.14 bits per heavy atom. The highest BCUT2D eigenvalue weighted by molar-refractivity contribution is 9.10. The summed E-state index contributed by atoms with van der Waals surface area (Å²) in [5.74, 6) is 6.13. The highest BCUT2D eigenvalue weighted by atomic mass is 79.9. The van der Waals surface area contributed by atoms with Gasteiger partial charge in [0, 0.05) is 15.1 Å². The van der Waals surface area contributed by atoms with Gasteiger partial charge in [-0.15, -0.1) is 11.8 Å². The van der Waals surface area contributed by atoms with E-state index in [4.69, 9.17) is 10.6 Å². The first-order valence-corrected chi connectivity index (χ1v) is 8.10. The number of rotatable bonds is 6. The lowest BCUT2D eigenvalue weighted by molar-refractivity contribution is 0.385. The van der Waals surface area contributed by atoms with Crippen LogP contribution in [-0.2, 0) is 0 Å². The molecule has 3 nitrogen and oxygen atoms in total. The van der Waals surface area contributed by atoms with Crippen LogP contribution in [0.1, 0.15) is 11.6 Å². The SMILES string of the molecule is COc1ccc(C(CSc2cccc(Br)c2)NN)cc1F. The standard InChI is InChI=1S/C15H16BrFN2OS/c1-20-15-6-5-10(7-13(15)17)14(19-18)9-21-12-4-2-3-11(16)8-12/h2-8,14,19H,9,18H2,1H3. The summed E-state index contributed by atoms with van der Waals surface area (Å²) < 4.78 is 19.7. The van der Waals surface area contributed by atoms with Gasteiger partial charge in [0.15, 0.2) is 11.6 Å². The van der Waals surface area contributed by atoms with Crippen LogP contribution in [0.2, 0.25) is 0 Å². The molecule has 1 unspecified atom stereocenters. The highest BCUT2D eigenvalue weighted by Gasteiger charge is 2.13. The molecule has 0 aromatic heterocycles. The third-order valence-corrected chi connectivity index (χ3v) is 4.57. The molecule has 0 saturated heterocycles. The number of hydrazine groups is 1. The van der Waals surface area contributed by atoms with Crippen LogP contribution in [-0.4, -0.2) is 12.9 Å². The van der Waals surface area contributed by atoms with Gasteiger partial charge in [-0.05, 0) is 35.9 Å². The third-order valence-electron chi connectivity index (χ3n) is 2.99. The van der Waals surface area contributed by atoms with Crippen LogP contribution in [0.15, 0.2) is 51.8 Å². The second-order valence-corrected chi connectivity index (χ2v) is 6.39. The quantitative estimate of drug-likeness (QED) is 0.460. The van der Waals surface area contributed by atoms with Gasteiger partial charge in [0.05, 0.1) is 13.2 Å². The van der Waals surface area contributed by atoms with Crippen molar-refractivity contribution in [1.29, 1.82) is 0 Å². The van der Waals surface area contributed by atoms with Crippen LogP contribution in [0, 0.1) is 5.82 Å². The van der Waals surface area contributed by atoms with Crippen molar-refractivity contribution >= 4 is 27.7 Å². The number of benzene rings is 2. The summed E-state index contributed by atoms with van der Waals surface area (Å²) in [4.78, 5) is 1.12. The Kier molecular flexibility index (Phi) is 6.05. The van der Waals surface area contributed by atoms with E-state index in [0.29, 0.717) is 5.75 Å². The lowest BCUT2D eigenvalue weighted by atomic mass is 10.1. The monoisotopic (exact) mass is 370 g/mol. The molecule has 0 amide bonds. The summed E-state index contributed by atoms with van der Waals surface area (Å²) in [5, 5.41) is 0. The second kappa shape index (κ2) is 7.79. The van der Waals surface area contributed by atoms with E-state index in [1.165, 1.54) is 13.2 Å². The van der Waals surface area contributed by atoms with Gasteiger partial charge < -0.3 is 4.74 Å². The fourth-order valence-electron chi connectivity index (χ4n) is 1.88. The number of hydrogen-bond donors (Lipinski definition) is 2. The number of ether oxygens (including phenoxy) is 1. The van der Waals surface area contributed by atoms with Crippen LogP contribution >= 0.6 is 27.7 Å². The molecule has 2 aromatic carbocycles. The number of hydrogen-bond acceptors (Lipinski definition) is 4. The molecule has 0 radical (unpaired) electrons. The molecule has 3 N–H and O–H groups in total. The van der Waals surface area contributed by atoms with Crippen molar-refractivity contribution in [3.05, 3.63) is 58.3 Å². The second-order valence-electron chi connectivity index (χ2n) is 4.38. The normalized spacial score (nSPS) is 12.2. The Hall–Kier alpha value is -1.08. The molecule has 0 bridgehead atoms. The van der Waals surface area contributed by atoms with Crippen LogP contribution in [0.5, 0.6) is 5.75 Å². The molecule has 2 aromatic rings. The van der Waals surface area contributed by atoms with Crippen molar-refractivity contribution in [3.8, 4) is 5.75 Å². The van der Waals surface area contributed by atoms with E-state index in [9.17, 15) is 4.39 Å². The van der Waals surface area contributed by atoms with Crippen LogP contribution < -0.4 is 16.0 Å². The van der Waals surface area contributed by atoms with Gasteiger partial charge in [0.2, 0.25) is 0 Å². The molecule has 21 heavy (non-hydrogen) atoms. The summed E-state index contributed by atoms with van der Waals surface area (Å²) in [5.41, 5.74) is 3.52. The lowest BCUT2D eigenvalue weighted by Gasteiger charge is -2.17. The topological polar surface area (TPSA) is 47.3 Å². The molecule has 0 aliphatic rings. The minimum absolute atomic E-state index is 0.144. The van der Waals surface area contributed by atoms with Crippen LogP contribution in [0.4, 0.5) is 4.39 Å². The first-order valence-electron chi connectivity index (χ1n) is 6.32. The first kappa shape index (κ1) is 16.3. The van der Waals surface area contributed by atoms with Gasteiger partial charge in [-0.25, -0.2) is 4.39 Å². The minimum Gasteiger partial charge on any atom is -0.494 e. The van der Waals surface area contributed by atoms with Crippen molar-refractivity contribution in [2.24, 2.45) is 5.84 Å². The maximum absolute atomic E-state index is 13.8. The van der Waals surface area contributed by atoms with E-state index in [2.05, 4.69) is 21.4 Å². The van der Waals surface area contributed by atoms with E-state index < -0.39 is 0 Å². The summed E-state index contributed by atoms with van der Waals surface area (Å²) >= 11 is 5.09. The molecule has 0 fully saturated rings. The molecule has 0 aliphatic carbocycles. The smallest absolute Gasteiger partial charge is 0.165 e. The predicted molar refractivity (Wildman–Crippen MR) is 87.9 cm³/mol. The maximum Gasteiger partial charge on any atom is 0.165 e. The number of halogens is 2. The highest BCUT2D eigenvalue weighted by Crippen LogP contribution is 2.28. The van der Waals surface area contributed by atoms with Crippen molar-refractivity contribution in [2.45, 2.75) is 10.9 Å². The van der Waals surface area contributed by atoms with Crippen molar-refractivity contribution in [2.75, 3.05) is 12.9 Å². The Balaban J connectivity index is 2.07. The van der Waals surface area contributed by atoms with E-state index in [1.54, 1.807) is 17.8 Å². The van der Waals surface area contributed by atoms with Crippen molar-refractivity contribution < 1.29 is 9.13 Å². The Morgan fingerprint density at radius 3 is 2.76 bits per heavy atom. The Morgan fingerprint density at radius 1 is 1.33 bits per heavy atom. The predicted octanol–water partition coefficient (Wildman–Crippen LogP) is 3.89. The summed E-state index contributed by atoms with van der Waals surface area (Å²) in [6.07, 6.45) is 0. The average Bonchev–Trinajstić information content (AvgIpc) is 2.48. The summed E-state index contributed by atoms with van der Waals surface area (Å²) in [7, 11) is 1.44. The van der Waals surface area contributed by atoms with Gasteiger partial charge in [-0.2, -0.15) is 0 Å². The molecular weight excluding hydrogens is 355 g/mol. The molecule has 1 atom stereocenters. The van der Waals surface area contributed by atoms with Crippen molar-refractivity contribution in [1.82, 2.24) is 5.43 Å². The van der Waals surface area contributed by atoms with Gasteiger partial charge in [-0.1, -0.05) is 28.1 Å². The third kappa shape index (κ3) is 4.44. The van der Waals surface area contributed by atoms with Crippen LogP contribution in [0.3, 0.4) is 0 Å². The molecule has 0 heterocycles. The fraction of sp³-hybridized carbons (Fsp3) is 0.200. The molecule has 2 rings (SSSR count). The molecule has 0 saturated carbocycles. The number of nitrogens with two attached hydrogens (primary N) is 1. The molecular formula is C15H16BrFN2OS. The van der Waals surface area contributed by atoms with Crippen molar-refractivity contribution in [3.63, 3.8) is 0 Å². The average molecular weight is 371 g/mol. The van der Waals surface area contributed by atoms with E-state index in [-0.39, 0.29) is 17.6 Å². The summed E-state index contributed by atoms with van der Waals surface area (Å²) in [6.45, 7) is 0. The van der Waals surface area contributed by atoms with Gasteiger partial charge in [0.25, 0.3) is 0 Å². The summed E-state index contributed by atoms with van der Waals surface area (Å²) in [6, 6.07) is 12.7. The Bertz CT molecular complexity index is 612. The number of methoxy groups -OCH3 is 1. The van der Waals surface area contributed by atoms with Crippen LogP contribution in [0.25, 0.3) is 0 Å². The fourth-order valence-corrected chi connectivity index (χ4v) is 3.46. The lowest BCUT2D eigenvalue weighted by Crippen LogP contribution is -2.29. The molecule has 6 heteroatoms. The molecule has 0 aliphatic heterocycles. The van der Waals surface area contributed by atoms with E-state index >= 15 is 0 Å². The largest absolute Gasteiger partial charge is 0.494 e. The number of nitrogens with one attached hydrogen (secondary N) is 1. The van der Waals surface area contributed by atoms with Gasteiger partial charge in [0.1, 0.15) is 0 Å². The Labute approximate surface area is 136 Å². The molecule has 112 valence electrons. The first-order chi connectivity index (χ1) is 10.1. The zero-order chi connectivity index (χ0) is 15.2. The molecule has 0 spiro atoms. The van der Waals surface area contributed by atoms with E-state index in [1.807, 2.05) is 30.3 Å². The maximum atomic E-state index is 13.8. The number of thioether (sulfide) groups is 1. The zero-order valence-corrected chi connectivity index (χ0v) is 13.9. The van der Waals surface area contributed by atoms with E-state index in [0.717, 1.165) is 14.9 Å². The minimum atomic E-state index is -0.386. The zero-order valence-electron chi connectivity index (χ0n) is 11.5. The van der Waals surface area contributed by atoms with Gasteiger partial charge >= 0.3 is 0 Å². The van der Waals surface area contributed by atoms with Gasteiger partial charge in [-0.3, -0.25) is 11.3 Å².